The van der Waals surface area contributed by atoms with E-state index >= 15 is 0 Å². The maximum Gasteiger partial charge on any atom is 0.244 e. The third-order valence-electron chi connectivity index (χ3n) is 6.29. The van der Waals surface area contributed by atoms with E-state index in [1.165, 1.54) is 4.90 Å². The Morgan fingerprint density at radius 3 is 2.18 bits per heavy atom. The van der Waals surface area contributed by atoms with Crippen molar-refractivity contribution < 1.29 is 18.0 Å². The molecule has 2 amide bonds. The molecule has 0 aliphatic carbocycles. The van der Waals surface area contributed by atoms with Gasteiger partial charge in [0.05, 0.1) is 11.9 Å². The molecule has 7 nitrogen and oxygen atoms in total. The molecule has 2 aromatic rings. The molecule has 2 rings (SSSR count). The van der Waals surface area contributed by atoms with Gasteiger partial charge in [0.15, 0.2) is 0 Å². The van der Waals surface area contributed by atoms with Crippen LogP contribution in [0.15, 0.2) is 42.5 Å². The number of benzene rings is 2. The Labute approximate surface area is 204 Å². The third-order valence-corrected chi connectivity index (χ3v) is 7.42. The first-order valence-corrected chi connectivity index (χ1v) is 13.4. The van der Waals surface area contributed by atoms with E-state index in [0.717, 1.165) is 39.2 Å². The number of rotatable bonds is 10. The van der Waals surface area contributed by atoms with Gasteiger partial charge in [0, 0.05) is 12.6 Å². The Hall–Kier alpha value is -2.87. The highest BCUT2D eigenvalue weighted by Gasteiger charge is 2.31. The molecule has 2 atom stereocenters. The summed E-state index contributed by atoms with van der Waals surface area (Å²) in [5, 5.41) is 2.93. The summed E-state index contributed by atoms with van der Waals surface area (Å²) in [5.41, 5.74) is 4.06. The minimum atomic E-state index is -3.75. The first-order valence-electron chi connectivity index (χ1n) is 11.5. The van der Waals surface area contributed by atoms with Crippen molar-refractivity contribution in [3.63, 3.8) is 0 Å². The van der Waals surface area contributed by atoms with Gasteiger partial charge in [-0.2, -0.15) is 0 Å². The number of anilines is 1. The van der Waals surface area contributed by atoms with Gasteiger partial charge in [0.2, 0.25) is 21.8 Å². The average Bonchev–Trinajstić information content (AvgIpc) is 2.77. The van der Waals surface area contributed by atoms with Crippen LogP contribution in [0.1, 0.15) is 49.4 Å². The molecule has 0 bridgehead atoms. The predicted octanol–water partition coefficient (Wildman–Crippen LogP) is 3.71. The van der Waals surface area contributed by atoms with Gasteiger partial charge in [-0.15, -0.1) is 0 Å². The number of hydrogen-bond acceptors (Lipinski definition) is 4. The normalized spacial score (nSPS) is 13.1. The monoisotopic (exact) mass is 487 g/mol. The van der Waals surface area contributed by atoms with Crippen LogP contribution in [0.25, 0.3) is 0 Å². The van der Waals surface area contributed by atoms with E-state index in [2.05, 4.69) is 5.32 Å². The summed E-state index contributed by atoms with van der Waals surface area (Å²) >= 11 is 0. The van der Waals surface area contributed by atoms with E-state index < -0.39 is 28.5 Å². The highest BCUT2D eigenvalue weighted by Crippen LogP contribution is 2.25. The zero-order chi connectivity index (χ0) is 25.6. The Morgan fingerprint density at radius 1 is 0.971 bits per heavy atom. The minimum absolute atomic E-state index is 0.0344. The van der Waals surface area contributed by atoms with Crippen LogP contribution in [0.4, 0.5) is 5.69 Å². The minimum Gasteiger partial charge on any atom is -0.352 e. The number of hydrogen-bond donors (Lipinski definition) is 1. The summed E-state index contributed by atoms with van der Waals surface area (Å²) in [7, 11) is -3.75. The molecule has 1 N–H and O–H groups in total. The molecule has 0 aliphatic rings. The lowest BCUT2D eigenvalue weighted by atomic mass is 10.1. The highest BCUT2D eigenvalue weighted by molar-refractivity contribution is 7.92. The molecule has 0 heterocycles. The molecule has 0 saturated heterocycles. The van der Waals surface area contributed by atoms with Crippen LogP contribution < -0.4 is 9.62 Å². The molecule has 0 saturated carbocycles. The molecule has 0 aliphatic heterocycles. The predicted molar refractivity (Wildman–Crippen MR) is 137 cm³/mol. The molecule has 186 valence electrons. The lowest BCUT2D eigenvalue weighted by molar-refractivity contribution is -0.139. The SMILES string of the molecule is CC[C@H](C)NC(=O)[C@H](C)N(Cc1ccccc1C)C(=O)CN(c1cccc(C)c1C)S(C)(=O)=O. The second-order valence-corrected chi connectivity index (χ2v) is 10.8. The fourth-order valence-electron chi connectivity index (χ4n) is 3.62. The largest absolute Gasteiger partial charge is 0.352 e. The van der Waals surface area contributed by atoms with Gasteiger partial charge < -0.3 is 10.2 Å². The van der Waals surface area contributed by atoms with Gasteiger partial charge in [-0.05, 0) is 69.4 Å². The summed E-state index contributed by atoms with van der Waals surface area (Å²) in [5.74, 6) is -0.713. The number of carbonyl (C=O) groups is 2. The molecule has 8 heteroatoms. The number of nitrogens with one attached hydrogen (secondary N) is 1. The first-order chi connectivity index (χ1) is 15.9. The molecule has 0 fully saturated rings. The number of carbonyl (C=O) groups excluding carboxylic acids is 2. The van der Waals surface area contributed by atoms with Crippen molar-refractivity contribution in [1.82, 2.24) is 10.2 Å². The highest BCUT2D eigenvalue weighted by atomic mass is 32.2. The van der Waals surface area contributed by atoms with E-state index in [1.807, 2.05) is 65.0 Å². The van der Waals surface area contributed by atoms with Crippen LogP contribution in [-0.4, -0.2) is 50.0 Å². The summed E-state index contributed by atoms with van der Waals surface area (Å²) in [6.45, 7) is 11.0. The standard InChI is InChI=1S/C26H37N3O4S/c1-8-20(4)27-26(31)22(6)28(16-23-14-10-9-12-19(23)3)25(30)17-29(34(7,32)33)24-15-11-13-18(2)21(24)5/h9-15,20,22H,8,16-17H2,1-7H3,(H,27,31)/t20-,22-/m0/s1. The van der Waals surface area contributed by atoms with Crippen LogP contribution in [-0.2, 0) is 26.2 Å². The summed E-state index contributed by atoms with van der Waals surface area (Å²) in [6, 6.07) is 12.2. The summed E-state index contributed by atoms with van der Waals surface area (Å²) < 4.78 is 26.6. The molecule has 34 heavy (non-hydrogen) atoms. The zero-order valence-corrected chi connectivity index (χ0v) is 22.1. The Morgan fingerprint density at radius 2 is 1.59 bits per heavy atom. The topological polar surface area (TPSA) is 86.8 Å². The number of amides is 2. The smallest absolute Gasteiger partial charge is 0.244 e. The molecule has 0 radical (unpaired) electrons. The van der Waals surface area contributed by atoms with Crippen molar-refractivity contribution in [2.45, 2.75) is 66.6 Å². The van der Waals surface area contributed by atoms with Crippen LogP contribution in [0.5, 0.6) is 0 Å². The maximum absolute atomic E-state index is 13.6. The van der Waals surface area contributed by atoms with E-state index in [4.69, 9.17) is 0 Å². The van der Waals surface area contributed by atoms with Crippen molar-refractivity contribution in [3.8, 4) is 0 Å². The van der Waals surface area contributed by atoms with Crippen LogP contribution in [0.3, 0.4) is 0 Å². The van der Waals surface area contributed by atoms with Crippen molar-refractivity contribution in [2.75, 3.05) is 17.1 Å². The van der Waals surface area contributed by atoms with E-state index in [9.17, 15) is 18.0 Å². The lowest BCUT2D eigenvalue weighted by Gasteiger charge is -2.32. The van der Waals surface area contributed by atoms with E-state index in [0.29, 0.717) is 5.69 Å². The summed E-state index contributed by atoms with van der Waals surface area (Å²) in [6.07, 6.45) is 1.85. The Balaban J connectivity index is 2.45. The van der Waals surface area contributed by atoms with Crippen molar-refractivity contribution in [2.24, 2.45) is 0 Å². The van der Waals surface area contributed by atoms with Gasteiger partial charge in [0.1, 0.15) is 12.6 Å². The number of sulfonamides is 1. The van der Waals surface area contributed by atoms with E-state index in [-0.39, 0.29) is 18.5 Å². The van der Waals surface area contributed by atoms with Crippen molar-refractivity contribution in [1.29, 1.82) is 0 Å². The van der Waals surface area contributed by atoms with Crippen LogP contribution in [0, 0.1) is 20.8 Å². The number of nitrogens with zero attached hydrogens (tertiary/aromatic N) is 2. The summed E-state index contributed by atoms with van der Waals surface area (Å²) in [4.78, 5) is 28.0. The first kappa shape index (κ1) is 27.4. The molecule has 2 aromatic carbocycles. The molecule has 0 aromatic heterocycles. The second-order valence-electron chi connectivity index (χ2n) is 8.93. The quantitative estimate of drug-likeness (QED) is 0.554. The van der Waals surface area contributed by atoms with Gasteiger partial charge >= 0.3 is 0 Å². The maximum atomic E-state index is 13.6. The second kappa shape index (κ2) is 11.5. The van der Waals surface area contributed by atoms with Crippen LogP contribution >= 0.6 is 0 Å². The van der Waals surface area contributed by atoms with Crippen molar-refractivity contribution in [3.05, 3.63) is 64.7 Å². The Bertz CT molecular complexity index is 1130. The third kappa shape index (κ3) is 6.82. The van der Waals surface area contributed by atoms with Gasteiger partial charge in [-0.1, -0.05) is 43.3 Å². The Kier molecular flexibility index (Phi) is 9.27. The van der Waals surface area contributed by atoms with Crippen LogP contribution in [0.2, 0.25) is 0 Å². The van der Waals surface area contributed by atoms with E-state index in [1.54, 1.807) is 19.1 Å². The van der Waals surface area contributed by atoms with Gasteiger partial charge in [-0.3, -0.25) is 13.9 Å². The zero-order valence-electron chi connectivity index (χ0n) is 21.3. The molecule has 0 unspecified atom stereocenters. The fourth-order valence-corrected chi connectivity index (χ4v) is 4.52. The number of aryl methyl sites for hydroxylation is 2. The van der Waals surface area contributed by atoms with Gasteiger partial charge in [0.25, 0.3) is 0 Å². The lowest BCUT2D eigenvalue weighted by Crippen LogP contribution is -2.52. The molecule has 0 spiro atoms. The average molecular weight is 488 g/mol. The van der Waals surface area contributed by atoms with Crippen molar-refractivity contribution >= 4 is 27.5 Å². The fraction of sp³-hybridized carbons (Fsp3) is 0.462. The molecular formula is C26H37N3O4S. The van der Waals surface area contributed by atoms with Gasteiger partial charge in [-0.25, -0.2) is 8.42 Å². The molecular weight excluding hydrogens is 450 g/mol.